The maximum Gasteiger partial charge on any atom is 0.0876 e. The van der Waals surface area contributed by atoms with Crippen LogP contribution in [-0.4, -0.2) is 23.4 Å². The highest BCUT2D eigenvalue weighted by Crippen LogP contribution is 2.22. The Morgan fingerprint density at radius 3 is 2.50 bits per heavy atom. The molecule has 0 unspecified atom stereocenters. The van der Waals surface area contributed by atoms with Crippen LogP contribution < -0.4 is 0 Å². The van der Waals surface area contributed by atoms with Crippen LogP contribution in [0, 0.1) is 0 Å². The van der Waals surface area contributed by atoms with Gasteiger partial charge >= 0.3 is 0 Å². The van der Waals surface area contributed by atoms with E-state index in [-0.39, 0.29) is 6.10 Å². The van der Waals surface area contributed by atoms with Gasteiger partial charge in [0.2, 0.25) is 0 Å². The van der Waals surface area contributed by atoms with Crippen molar-refractivity contribution >= 4 is 0 Å². The molecule has 0 bridgehead atoms. The van der Waals surface area contributed by atoms with E-state index in [2.05, 4.69) is 0 Å². The van der Waals surface area contributed by atoms with E-state index in [1.54, 1.807) is 6.92 Å². The molecule has 0 amide bonds. The zero-order chi connectivity index (χ0) is 6.20. The van der Waals surface area contributed by atoms with Gasteiger partial charge in [0.15, 0.2) is 0 Å². The summed E-state index contributed by atoms with van der Waals surface area (Å²) in [6, 6.07) is 0. The quantitative estimate of drug-likeness (QED) is 0.500. The van der Waals surface area contributed by atoms with E-state index in [1.807, 2.05) is 6.92 Å². The molecule has 0 saturated carbocycles. The Morgan fingerprint density at radius 1 is 1.75 bits per heavy atom. The summed E-state index contributed by atoms with van der Waals surface area (Å²) >= 11 is 0. The second-order valence-corrected chi connectivity index (χ2v) is 2.82. The standard InChI is InChI=1S/C6H12O2/c1-5-3-6(2,7)4-8-5/h5,7H,3-4H2,1-2H3/t5-,6-/m1/s1. The lowest BCUT2D eigenvalue weighted by atomic mass is 10.0. The molecular weight excluding hydrogens is 104 g/mol. The molecule has 0 aromatic rings. The molecule has 1 N–H and O–H groups in total. The third-order valence-corrected chi connectivity index (χ3v) is 1.41. The first-order valence-corrected chi connectivity index (χ1v) is 2.94. The Balaban J connectivity index is 2.44. The van der Waals surface area contributed by atoms with E-state index in [9.17, 15) is 5.11 Å². The minimum absolute atomic E-state index is 0.241. The molecule has 1 aliphatic rings. The minimum atomic E-state index is -0.556. The molecule has 2 nitrogen and oxygen atoms in total. The van der Waals surface area contributed by atoms with Gasteiger partial charge < -0.3 is 9.84 Å². The van der Waals surface area contributed by atoms with Gasteiger partial charge in [0, 0.05) is 6.42 Å². The van der Waals surface area contributed by atoms with E-state index in [0.29, 0.717) is 6.61 Å². The summed E-state index contributed by atoms with van der Waals surface area (Å²) < 4.78 is 5.12. The zero-order valence-corrected chi connectivity index (χ0v) is 5.35. The van der Waals surface area contributed by atoms with Gasteiger partial charge in [-0.1, -0.05) is 0 Å². The first-order valence-electron chi connectivity index (χ1n) is 2.94. The normalized spacial score (nSPS) is 47.6. The van der Waals surface area contributed by atoms with Gasteiger partial charge in [0.05, 0.1) is 18.3 Å². The van der Waals surface area contributed by atoms with Crippen LogP contribution in [-0.2, 0) is 4.74 Å². The number of hydrogen-bond donors (Lipinski definition) is 1. The van der Waals surface area contributed by atoms with Gasteiger partial charge in [-0.15, -0.1) is 0 Å². The van der Waals surface area contributed by atoms with Crippen molar-refractivity contribution in [2.24, 2.45) is 0 Å². The molecule has 0 aliphatic carbocycles. The number of rotatable bonds is 0. The molecule has 8 heavy (non-hydrogen) atoms. The van der Waals surface area contributed by atoms with E-state index in [1.165, 1.54) is 0 Å². The zero-order valence-electron chi connectivity index (χ0n) is 5.35. The summed E-state index contributed by atoms with van der Waals surface area (Å²) in [5.74, 6) is 0. The molecule has 2 atom stereocenters. The fraction of sp³-hybridized carbons (Fsp3) is 1.00. The lowest BCUT2D eigenvalue weighted by Crippen LogP contribution is -2.23. The van der Waals surface area contributed by atoms with Crippen molar-refractivity contribution < 1.29 is 9.84 Å². The Morgan fingerprint density at radius 2 is 2.38 bits per heavy atom. The van der Waals surface area contributed by atoms with Crippen LogP contribution >= 0.6 is 0 Å². The van der Waals surface area contributed by atoms with Crippen molar-refractivity contribution in [1.29, 1.82) is 0 Å². The van der Waals surface area contributed by atoms with Crippen molar-refractivity contribution in [1.82, 2.24) is 0 Å². The van der Waals surface area contributed by atoms with Gasteiger partial charge in [-0.2, -0.15) is 0 Å². The van der Waals surface area contributed by atoms with Crippen molar-refractivity contribution in [2.75, 3.05) is 6.61 Å². The van der Waals surface area contributed by atoms with Crippen molar-refractivity contribution in [3.63, 3.8) is 0 Å². The van der Waals surface area contributed by atoms with Crippen LogP contribution in [0.15, 0.2) is 0 Å². The van der Waals surface area contributed by atoms with Crippen LogP contribution in [0.25, 0.3) is 0 Å². The first kappa shape index (κ1) is 6.05. The van der Waals surface area contributed by atoms with Crippen LogP contribution in [0.3, 0.4) is 0 Å². The maximum atomic E-state index is 9.24. The number of ether oxygens (including phenoxy) is 1. The smallest absolute Gasteiger partial charge is 0.0876 e. The summed E-state index contributed by atoms with van der Waals surface area (Å²) in [5, 5.41) is 9.24. The van der Waals surface area contributed by atoms with E-state index < -0.39 is 5.60 Å². The van der Waals surface area contributed by atoms with Crippen LogP contribution in [0.4, 0.5) is 0 Å². The molecule has 0 spiro atoms. The minimum Gasteiger partial charge on any atom is -0.388 e. The molecule has 0 aromatic heterocycles. The van der Waals surface area contributed by atoms with Crippen LogP contribution in [0.2, 0.25) is 0 Å². The van der Waals surface area contributed by atoms with Crippen molar-refractivity contribution in [3.8, 4) is 0 Å². The van der Waals surface area contributed by atoms with E-state index >= 15 is 0 Å². The van der Waals surface area contributed by atoms with Gasteiger partial charge in [-0.25, -0.2) is 0 Å². The fourth-order valence-electron chi connectivity index (χ4n) is 1.06. The molecule has 1 aliphatic heterocycles. The molecule has 0 radical (unpaired) electrons. The third-order valence-electron chi connectivity index (χ3n) is 1.41. The second-order valence-electron chi connectivity index (χ2n) is 2.82. The Kier molecular flexibility index (Phi) is 1.29. The summed E-state index contributed by atoms with van der Waals surface area (Å²) in [6.45, 7) is 4.27. The average Bonchev–Trinajstić information content (AvgIpc) is 1.82. The predicted molar refractivity (Wildman–Crippen MR) is 30.7 cm³/mol. The van der Waals surface area contributed by atoms with Crippen molar-refractivity contribution in [2.45, 2.75) is 32.0 Å². The highest BCUT2D eigenvalue weighted by atomic mass is 16.5. The largest absolute Gasteiger partial charge is 0.388 e. The van der Waals surface area contributed by atoms with E-state index in [4.69, 9.17) is 4.74 Å². The third kappa shape index (κ3) is 1.20. The maximum absolute atomic E-state index is 9.24. The highest BCUT2D eigenvalue weighted by molar-refractivity contribution is 4.80. The Labute approximate surface area is 49.5 Å². The van der Waals surface area contributed by atoms with Crippen LogP contribution in [0.1, 0.15) is 20.3 Å². The van der Waals surface area contributed by atoms with Gasteiger partial charge in [-0.3, -0.25) is 0 Å². The SMILES string of the molecule is C[C@@H]1C[C@@](C)(O)CO1. The van der Waals surface area contributed by atoms with Crippen molar-refractivity contribution in [3.05, 3.63) is 0 Å². The second kappa shape index (κ2) is 1.71. The summed E-state index contributed by atoms with van der Waals surface area (Å²) in [5.41, 5.74) is -0.556. The Hall–Kier alpha value is -0.0800. The molecule has 2 heteroatoms. The molecule has 0 aromatic carbocycles. The van der Waals surface area contributed by atoms with Gasteiger partial charge in [0.1, 0.15) is 0 Å². The molecular formula is C6H12O2. The molecule has 1 rings (SSSR count). The lowest BCUT2D eigenvalue weighted by Gasteiger charge is -2.10. The lowest BCUT2D eigenvalue weighted by molar-refractivity contribution is 0.0377. The number of aliphatic hydroxyl groups is 1. The average molecular weight is 116 g/mol. The van der Waals surface area contributed by atoms with E-state index in [0.717, 1.165) is 6.42 Å². The monoisotopic (exact) mass is 116 g/mol. The fourth-order valence-corrected chi connectivity index (χ4v) is 1.06. The molecule has 48 valence electrons. The highest BCUT2D eigenvalue weighted by Gasteiger charge is 2.30. The number of hydrogen-bond acceptors (Lipinski definition) is 2. The predicted octanol–water partition coefficient (Wildman–Crippen LogP) is 0.546. The topological polar surface area (TPSA) is 29.5 Å². The first-order chi connectivity index (χ1) is 3.60. The molecule has 1 fully saturated rings. The molecule has 1 saturated heterocycles. The van der Waals surface area contributed by atoms with Gasteiger partial charge in [-0.05, 0) is 13.8 Å². The van der Waals surface area contributed by atoms with Crippen LogP contribution in [0.5, 0.6) is 0 Å². The Bertz CT molecular complexity index is 88.5. The molecule has 1 heterocycles. The van der Waals surface area contributed by atoms with Gasteiger partial charge in [0.25, 0.3) is 0 Å². The summed E-state index contributed by atoms with van der Waals surface area (Å²) in [7, 11) is 0. The summed E-state index contributed by atoms with van der Waals surface area (Å²) in [4.78, 5) is 0. The summed E-state index contributed by atoms with van der Waals surface area (Å²) in [6.07, 6.45) is 1.01.